The molecule has 1 aromatic carbocycles. The van der Waals surface area contributed by atoms with Crippen LogP contribution in [0.4, 0.5) is 5.82 Å². The van der Waals surface area contributed by atoms with Crippen molar-refractivity contribution in [3.05, 3.63) is 70.9 Å². The molecule has 1 amide bonds. The second kappa shape index (κ2) is 6.22. The first-order valence-corrected chi connectivity index (χ1v) is 8.48. The first kappa shape index (κ1) is 16.2. The van der Waals surface area contributed by atoms with E-state index in [9.17, 15) is 4.79 Å². The van der Waals surface area contributed by atoms with E-state index in [1.807, 2.05) is 44.2 Å². The van der Waals surface area contributed by atoms with Crippen molar-refractivity contribution in [3.8, 4) is 0 Å². The zero-order chi connectivity index (χ0) is 18.3. The SMILES string of the molecule is Cc1ccc(Cn2nccc2NC(=O)c2ccc3[nH]c(C)c(C)c3c2)o1. The zero-order valence-electron chi connectivity index (χ0n) is 15.0. The van der Waals surface area contributed by atoms with E-state index in [0.29, 0.717) is 17.9 Å². The van der Waals surface area contributed by atoms with Crippen LogP contribution in [0.25, 0.3) is 10.9 Å². The number of nitrogens with one attached hydrogen (secondary N) is 2. The first-order chi connectivity index (χ1) is 12.5. The van der Waals surface area contributed by atoms with Crippen LogP contribution in [0.15, 0.2) is 47.0 Å². The molecule has 0 aliphatic heterocycles. The van der Waals surface area contributed by atoms with E-state index in [1.165, 1.54) is 0 Å². The van der Waals surface area contributed by atoms with Crippen LogP contribution >= 0.6 is 0 Å². The molecule has 0 radical (unpaired) electrons. The van der Waals surface area contributed by atoms with E-state index in [4.69, 9.17) is 4.42 Å². The molecule has 4 aromatic rings. The number of hydrogen-bond acceptors (Lipinski definition) is 3. The predicted octanol–water partition coefficient (Wildman–Crippen LogP) is 4.18. The maximum Gasteiger partial charge on any atom is 0.256 e. The highest BCUT2D eigenvalue weighted by atomic mass is 16.3. The number of aryl methyl sites for hydroxylation is 3. The Bertz CT molecular complexity index is 1100. The van der Waals surface area contributed by atoms with Crippen LogP contribution in [0, 0.1) is 20.8 Å². The second-order valence-corrected chi connectivity index (χ2v) is 6.48. The molecule has 6 heteroatoms. The van der Waals surface area contributed by atoms with Crippen molar-refractivity contribution in [1.82, 2.24) is 14.8 Å². The highest BCUT2D eigenvalue weighted by Gasteiger charge is 2.13. The largest absolute Gasteiger partial charge is 0.464 e. The third kappa shape index (κ3) is 2.90. The van der Waals surface area contributed by atoms with Crippen LogP contribution in [0.3, 0.4) is 0 Å². The molecule has 0 saturated heterocycles. The summed E-state index contributed by atoms with van der Waals surface area (Å²) in [7, 11) is 0. The smallest absolute Gasteiger partial charge is 0.256 e. The van der Waals surface area contributed by atoms with Crippen molar-refractivity contribution in [2.24, 2.45) is 0 Å². The minimum atomic E-state index is -0.164. The van der Waals surface area contributed by atoms with E-state index >= 15 is 0 Å². The topological polar surface area (TPSA) is 75.8 Å². The summed E-state index contributed by atoms with van der Waals surface area (Å²) in [6.07, 6.45) is 1.66. The molecular weight excluding hydrogens is 328 g/mol. The minimum absolute atomic E-state index is 0.164. The normalized spacial score (nSPS) is 11.2. The van der Waals surface area contributed by atoms with Crippen LogP contribution in [0.2, 0.25) is 0 Å². The Morgan fingerprint density at radius 2 is 2.04 bits per heavy atom. The number of rotatable bonds is 4. The van der Waals surface area contributed by atoms with Gasteiger partial charge in [-0.15, -0.1) is 0 Å². The predicted molar refractivity (Wildman–Crippen MR) is 100 cm³/mol. The standard InChI is InChI=1S/C20H20N4O2/c1-12-4-6-16(26-12)11-24-19(8-9-21-24)23-20(25)15-5-7-18-17(10-15)13(2)14(3)22-18/h4-10,22H,11H2,1-3H3,(H,23,25). The number of benzene rings is 1. The lowest BCUT2D eigenvalue weighted by Crippen LogP contribution is -2.16. The lowest BCUT2D eigenvalue weighted by atomic mass is 10.1. The van der Waals surface area contributed by atoms with Crippen molar-refractivity contribution < 1.29 is 9.21 Å². The molecule has 26 heavy (non-hydrogen) atoms. The molecule has 6 nitrogen and oxygen atoms in total. The fourth-order valence-electron chi connectivity index (χ4n) is 3.07. The van der Waals surface area contributed by atoms with Crippen LogP contribution in [0.1, 0.15) is 33.1 Å². The van der Waals surface area contributed by atoms with Crippen molar-refractivity contribution in [1.29, 1.82) is 0 Å². The van der Waals surface area contributed by atoms with Crippen LogP contribution in [0.5, 0.6) is 0 Å². The Morgan fingerprint density at radius 1 is 1.19 bits per heavy atom. The molecule has 0 atom stereocenters. The van der Waals surface area contributed by atoms with Crippen LogP contribution < -0.4 is 5.32 Å². The molecular formula is C20H20N4O2. The molecule has 0 fully saturated rings. The Balaban J connectivity index is 1.57. The van der Waals surface area contributed by atoms with E-state index < -0.39 is 0 Å². The number of hydrogen-bond donors (Lipinski definition) is 2. The fraction of sp³-hybridized carbons (Fsp3) is 0.200. The van der Waals surface area contributed by atoms with Gasteiger partial charge in [0.25, 0.3) is 5.91 Å². The second-order valence-electron chi connectivity index (χ2n) is 6.48. The number of fused-ring (bicyclic) bond motifs is 1. The number of aromatic nitrogens is 3. The van der Waals surface area contributed by atoms with Gasteiger partial charge >= 0.3 is 0 Å². The molecule has 4 rings (SSSR count). The van der Waals surface area contributed by atoms with Gasteiger partial charge in [-0.1, -0.05) is 0 Å². The maximum absolute atomic E-state index is 12.7. The number of anilines is 1. The summed E-state index contributed by atoms with van der Waals surface area (Å²) in [4.78, 5) is 16.0. The van der Waals surface area contributed by atoms with Gasteiger partial charge in [-0.25, -0.2) is 4.68 Å². The number of nitrogens with zero attached hydrogens (tertiary/aromatic N) is 2. The van der Waals surface area contributed by atoms with Gasteiger partial charge in [0.05, 0.1) is 6.20 Å². The van der Waals surface area contributed by atoms with Gasteiger partial charge in [-0.05, 0) is 56.7 Å². The Labute approximate surface area is 150 Å². The molecule has 0 spiro atoms. The van der Waals surface area contributed by atoms with E-state index in [-0.39, 0.29) is 5.91 Å². The number of aromatic amines is 1. The Hall–Kier alpha value is -3.28. The molecule has 0 bridgehead atoms. The summed E-state index contributed by atoms with van der Waals surface area (Å²) in [5, 5.41) is 8.27. The van der Waals surface area contributed by atoms with Gasteiger partial charge in [-0.3, -0.25) is 4.79 Å². The highest BCUT2D eigenvalue weighted by Crippen LogP contribution is 2.23. The Kier molecular flexibility index (Phi) is 3.88. The Morgan fingerprint density at radius 3 is 2.81 bits per heavy atom. The summed E-state index contributed by atoms with van der Waals surface area (Å²) in [5.41, 5.74) is 3.92. The van der Waals surface area contributed by atoms with Crippen molar-refractivity contribution in [2.75, 3.05) is 5.32 Å². The fourth-order valence-corrected chi connectivity index (χ4v) is 3.07. The molecule has 3 heterocycles. The summed E-state index contributed by atoms with van der Waals surface area (Å²) in [6.45, 7) is 6.45. The van der Waals surface area contributed by atoms with Gasteiger partial charge in [-0.2, -0.15) is 5.10 Å². The van der Waals surface area contributed by atoms with Crippen molar-refractivity contribution in [3.63, 3.8) is 0 Å². The van der Waals surface area contributed by atoms with E-state index in [1.54, 1.807) is 16.9 Å². The van der Waals surface area contributed by atoms with Crippen LogP contribution in [-0.2, 0) is 6.54 Å². The molecule has 0 aliphatic rings. The zero-order valence-corrected chi connectivity index (χ0v) is 15.0. The van der Waals surface area contributed by atoms with Gasteiger partial charge in [0.2, 0.25) is 0 Å². The lowest BCUT2D eigenvalue weighted by Gasteiger charge is -2.08. The van der Waals surface area contributed by atoms with Gasteiger partial charge in [0, 0.05) is 28.2 Å². The van der Waals surface area contributed by atoms with Crippen molar-refractivity contribution >= 4 is 22.6 Å². The molecule has 132 valence electrons. The van der Waals surface area contributed by atoms with Crippen molar-refractivity contribution in [2.45, 2.75) is 27.3 Å². The summed E-state index contributed by atoms with van der Waals surface area (Å²) in [6, 6.07) is 11.3. The van der Waals surface area contributed by atoms with E-state index in [2.05, 4.69) is 22.3 Å². The molecule has 2 N–H and O–H groups in total. The number of H-pyrrole nitrogens is 1. The average Bonchev–Trinajstić information content (AvgIpc) is 3.30. The maximum atomic E-state index is 12.7. The quantitative estimate of drug-likeness (QED) is 0.581. The summed E-state index contributed by atoms with van der Waals surface area (Å²) < 4.78 is 7.30. The number of carbonyl (C=O) groups excluding carboxylic acids is 1. The van der Waals surface area contributed by atoms with Crippen LogP contribution in [-0.4, -0.2) is 20.7 Å². The minimum Gasteiger partial charge on any atom is -0.464 e. The highest BCUT2D eigenvalue weighted by molar-refractivity contribution is 6.06. The first-order valence-electron chi connectivity index (χ1n) is 8.48. The lowest BCUT2D eigenvalue weighted by molar-refractivity contribution is 0.102. The summed E-state index contributed by atoms with van der Waals surface area (Å²) >= 11 is 0. The third-order valence-electron chi connectivity index (χ3n) is 4.63. The number of carbonyl (C=O) groups is 1. The molecule has 0 aliphatic carbocycles. The number of amides is 1. The molecule has 0 saturated carbocycles. The summed E-state index contributed by atoms with van der Waals surface area (Å²) in [5.74, 6) is 2.11. The van der Waals surface area contributed by atoms with Gasteiger partial charge in [0.1, 0.15) is 23.9 Å². The monoisotopic (exact) mass is 348 g/mol. The third-order valence-corrected chi connectivity index (χ3v) is 4.63. The van der Waals surface area contributed by atoms with Gasteiger partial charge in [0.15, 0.2) is 0 Å². The molecule has 0 unspecified atom stereocenters. The van der Waals surface area contributed by atoms with Gasteiger partial charge < -0.3 is 14.7 Å². The number of furan rings is 1. The average molecular weight is 348 g/mol. The molecule has 3 aromatic heterocycles. The van der Waals surface area contributed by atoms with E-state index in [0.717, 1.165) is 33.7 Å².